The van der Waals surface area contributed by atoms with Crippen molar-refractivity contribution < 1.29 is 46.6 Å². The van der Waals surface area contributed by atoms with Crippen LogP contribution in [0.3, 0.4) is 0 Å². The topological polar surface area (TPSA) is 108 Å². The Balaban J connectivity index is 5.84. The molecule has 0 spiro atoms. The smallest absolute Gasteiger partial charge is 0.469 e. The van der Waals surface area contributed by atoms with Gasteiger partial charge in [0.2, 0.25) is 0 Å². The van der Waals surface area contributed by atoms with E-state index in [1.807, 2.05) is 0 Å². The van der Waals surface area contributed by atoms with Crippen LogP contribution in [-0.2, 0) is 33.4 Å². The third kappa shape index (κ3) is 7.40. The Morgan fingerprint density at radius 2 is 1.36 bits per heavy atom. The van der Waals surface area contributed by atoms with Crippen molar-refractivity contribution in [3.8, 4) is 0 Å². The second kappa shape index (κ2) is 8.17. The predicted molar refractivity (Wildman–Crippen MR) is 76.0 cm³/mol. The molecule has 0 rings (SSSR count). The van der Waals surface area contributed by atoms with Crippen LogP contribution in [0.2, 0.25) is 0 Å². The zero-order chi connectivity index (χ0) is 20.1. The van der Waals surface area contributed by atoms with E-state index in [-0.39, 0.29) is 0 Å². The number of hydrogen-bond acceptors (Lipinski definition) is 7. The van der Waals surface area contributed by atoms with Gasteiger partial charge in [-0.3, -0.25) is 14.4 Å². The number of carbonyl (C=O) groups excluding carboxylic acids is 4. The molecule has 0 saturated heterocycles. The second-order valence-corrected chi connectivity index (χ2v) is 6.04. The Kier molecular flexibility index (Phi) is 7.41. The predicted octanol–water partition coefficient (Wildman–Crippen LogP) is 0.872. The van der Waals surface area contributed by atoms with Crippen LogP contribution in [0.25, 0.3) is 0 Å². The maximum atomic E-state index is 12.6. The van der Waals surface area contributed by atoms with Crippen LogP contribution in [0.1, 0.15) is 33.6 Å². The summed E-state index contributed by atoms with van der Waals surface area (Å²) in [6, 6.07) is 0. The summed E-state index contributed by atoms with van der Waals surface area (Å²) in [4.78, 5) is 46.8. The van der Waals surface area contributed by atoms with E-state index in [2.05, 4.69) is 9.47 Å². The van der Waals surface area contributed by atoms with Crippen LogP contribution < -0.4 is 5.32 Å². The third-order valence-electron chi connectivity index (χ3n) is 2.73. The Labute approximate surface area is 142 Å². The van der Waals surface area contributed by atoms with Gasteiger partial charge < -0.3 is 19.5 Å². The number of methoxy groups -OCH3 is 2. The van der Waals surface area contributed by atoms with Crippen molar-refractivity contribution >= 4 is 23.8 Å². The summed E-state index contributed by atoms with van der Waals surface area (Å²) in [7, 11) is 1.74. The number of rotatable bonds is 6. The lowest BCUT2D eigenvalue weighted by atomic mass is 9.90. The molecule has 0 heterocycles. The maximum Gasteiger partial charge on any atom is 0.471 e. The molecule has 0 fully saturated rings. The van der Waals surface area contributed by atoms with Crippen LogP contribution >= 0.6 is 0 Å². The van der Waals surface area contributed by atoms with Crippen LogP contribution in [0.15, 0.2) is 0 Å². The summed E-state index contributed by atoms with van der Waals surface area (Å²) < 4.78 is 51.4. The van der Waals surface area contributed by atoms with E-state index in [1.165, 1.54) is 26.1 Å². The molecule has 0 aliphatic rings. The first-order valence-electron chi connectivity index (χ1n) is 6.93. The molecule has 1 amide bonds. The molecule has 1 atom stereocenters. The average molecular weight is 371 g/mol. The Morgan fingerprint density at radius 1 is 0.880 bits per heavy atom. The highest BCUT2D eigenvalue weighted by atomic mass is 19.4. The number of esters is 3. The first kappa shape index (κ1) is 22.7. The van der Waals surface area contributed by atoms with Crippen LogP contribution in [0.5, 0.6) is 0 Å². The quantitative estimate of drug-likeness (QED) is 0.545. The molecule has 0 aromatic heterocycles. The van der Waals surface area contributed by atoms with E-state index < -0.39 is 54.0 Å². The zero-order valence-electron chi connectivity index (χ0n) is 14.4. The highest BCUT2D eigenvalue weighted by molar-refractivity contribution is 5.96. The molecule has 0 bridgehead atoms. The van der Waals surface area contributed by atoms with Crippen molar-refractivity contribution in [2.45, 2.75) is 50.9 Å². The lowest BCUT2D eigenvalue weighted by Gasteiger charge is -2.31. The molecule has 0 aliphatic carbocycles. The van der Waals surface area contributed by atoms with E-state index in [0.29, 0.717) is 0 Å². The third-order valence-corrected chi connectivity index (χ3v) is 2.73. The molecule has 8 nitrogen and oxygen atoms in total. The maximum absolute atomic E-state index is 12.6. The number of carbonyl (C=O) groups is 4. The molecular formula is C14H20F3NO7. The number of amides is 1. The fraction of sp³-hybridized carbons (Fsp3) is 0.714. The average Bonchev–Trinajstić information content (AvgIpc) is 2.42. The normalized spacial score (nSPS) is 14.1. The van der Waals surface area contributed by atoms with Gasteiger partial charge in [0, 0.05) is 0 Å². The Hall–Kier alpha value is -2.33. The van der Waals surface area contributed by atoms with E-state index in [1.54, 1.807) is 0 Å². The lowest BCUT2D eigenvalue weighted by Crippen LogP contribution is -2.60. The van der Waals surface area contributed by atoms with E-state index in [0.717, 1.165) is 14.2 Å². The second-order valence-electron chi connectivity index (χ2n) is 6.04. The highest BCUT2D eigenvalue weighted by Gasteiger charge is 2.51. The largest absolute Gasteiger partial charge is 0.471 e. The minimum Gasteiger partial charge on any atom is -0.469 e. The van der Waals surface area contributed by atoms with Crippen molar-refractivity contribution in [3.63, 3.8) is 0 Å². The Bertz CT molecular complexity index is 540. The van der Waals surface area contributed by atoms with Crippen molar-refractivity contribution in [3.05, 3.63) is 0 Å². The number of halogens is 3. The van der Waals surface area contributed by atoms with Gasteiger partial charge in [-0.05, 0) is 20.8 Å². The minimum absolute atomic E-state index is 0.823. The molecule has 0 aromatic carbocycles. The van der Waals surface area contributed by atoms with Gasteiger partial charge in [0.1, 0.15) is 5.60 Å². The number of ether oxygens (including phenoxy) is 3. The summed E-state index contributed by atoms with van der Waals surface area (Å²) in [5.41, 5.74) is -3.64. The standard InChI is InChI=1S/C14H20F3NO7/c1-12(2,3)25-9(20)7-13(11(22)24-5,6-8(19)23-4)18-10(21)14(15,16)17/h6-7H2,1-5H3,(H,18,21). The van der Waals surface area contributed by atoms with Gasteiger partial charge in [-0.1, -0.05) is 0 Å². The first-order chi connectivity index (χ1) is 11.2. The van der Waals surface area contributed by atoms with Gasteiger partial charge in [0.05, 0.1) is 27.1 Å². The fourth-order valence-corrected chi connectivity index (χ4v) is 1.77. The van der Waals surface area contributed by atoms with Crippen LogP contribution in [-0.4, -0.2) is 55.4 Å². The van der Waals surface area contributed by atoms with E-state index in [4.69, 9.17) is 4.74 Å². The molecular weight excluding hydrogens is 351 g/mol. The summed E-state index contributed by atoms with van der Waals surface area (Å²) in [6.45, 7) is 4.46. The van der Waals surface area contributed by atoms with Gasteiger partial charge >= 0.3 is 30.0 Å². The summed E-state index contributed by atoms with van der Waals surface area (Å²) >= 11 is 0. The van der Waals surface area contributed by atoms with Gasteiger partial charge in [-0.2, -0.15) is 13.2 Å². The van der Waals surface area contributed by atoms with Crippen molar-refractivity contribution in [2.24, 2.45) is 0 Å². The van der Waals surface area contributed by atoms with Crippen LogP contribution in [0, 0.1) is 0 Å². The number of hydrogen-bond donors (Lipinski definition) is 1. The van der Waals surface area contributed by atoms with Gasteiger partial charge in [-0.25, -0.2) is 4.79 Å². The minimum atomic E-state index is -5.36. The number of nitrogens with one attached hydrogen (secondary N) is 1. The molecule has 0 saturated carbocycles. The lowest BCUT2D eigenvalue weighted by molar-refractivity contribution is -0.181. The summed E-state index contributed by atoms with van der Waals surface area (Å²) in [5, 5.41) is 1.36. The molecule has 0 radical (unpaired) electrons. The fourth-order valence-electron chi connectivity index (χ4n) is 1.77. The van der Waals surface area contributed by atoms with Gasteiger partial charge in [0.25, 0.3) is 0 Å². The molecule has 25 heavy (non-hydrogen) atoms. The van der Waals surface area contributed by atoms with Gasteiger partial charge in [0.15, 0.2) is 5.54 Å². The number of alkyl halides is 3. The zero-order valence-corrected chi connectivity index (χ0v) is 14.4. The summed E-state index contributed by atoms with van der Waals surface area (Å²) in [6.07, 6.45) is -7.48. The molecule has 0 aromatic rings. The van der Waals surface area contributed by atoms with Crippen molar-refractivity contribution in [2.75, 3.05) is 14.2 Å². The Morgan fingerprint density at radius 3 is 1.72 bits per heavy atom. The van der Waals surface area contributed by atoms with Crippen LogP contribution in [0.4, 0.5) is 13.2 Å². The molecule has 1 N–H and O–H groups in total. The molecule has 1 unspecified atom stereocenters. The van der Waals surface area contributed by atoms with Crippen molar-refractivity contribution in [1.82, 2.24) is 5.32 Å². The monoisotopic (exact) mass is 371 g/mol. The van der Waals surface area contributed by atoms with E-state index in [9.17, 15) is 32.3 Å². The van der Waals surface area contributed by atoms with Gasteiger partial charge in [-0.15, -0.1) is 0 Å². The first-order valence-corrected chi connectivity index (χ1v) is 6.93. The van der Waals surface area contributed by atoms with Crippen molar-refractivity contribution in [1.29, 1.82) is 0 Å². The molecule has 11 heteroatoms. The molecule has 144 valence electrons. The highest BCUT2D eigenvalue weighted by Crippen LogP contribution is 2.24. The molecule has 0 aliphatic heterocycles. The SMILES string of the molecule is COC(=O)CC(CC(=O)OC(C)(C)C)(NC(=O)C(F)(F)F)C(=O)OC. The van der Waals surface area contributed by atoms with E-state index >= 15 is 0 Å². The summed E-state index contributed by atoms with van der Waals surface area (Å²) in [5.74, 6) is -6.22.